The molecule has 3 amide bonds. The van der Waals surface area contributed by atoms with Crippen molar-refractivity contribution in [3.63, 3.8) is 0 Å². The van der Waals surface area contributed by atoms with Gasteiger partial charge < -0.3 is 9.64 Å². The minimum Gasteiger partial charge on any atom is -0.493 e. The average Bonchev–Trinajstić information content (AvgIpc) is 2.96. The molecule has 2 rings (SSSR count). The Balaban J connectivity index is 1.81. The molecular formula is C20H29N3O5S. The summed E-state index contributed by atoms with van der Waals surface area (Å²) in [5.74, 6) is 0.725. The second-order valence-electron chi connectivity index (χ2n) is 7.43. The highest BCUT2D eigenvalue weighted by molar-refractivity contribution is 7.89. The number of urea groups is 1. The van der Waals surface area contributed by atoms with Crippen LogP contribution < -0.4 is 14.8 Å². The fourth-order valence-corrected chi connectivity index (χ4v) is 3.95. The molecule has 1 fully saturated rings. The normalized spacial score (nSPS) is 15.9. The number of amides is 3. The van der Waals surface area contributed by atoms with Crippen molar-refractivity contribution in [3.8, 4) is 5.75 Å². The number of carbonyl (C=O) groups excluding carboxylic acids is 2. The van der Waals surface area contributed by atoms with Gasteiger partial charge in [-0.05, 0) is 37.0 Å². The van der Waals surface area contributed by atoms with Crippen LogP contribution in [0.2, 0.25) is 0 Å². The van der Waals surface area contributed by atoms with E-state index in [1.54, 1.807) is 19.1 Å². The molecule has 1 heterocycles. The molecule has 160 valence electrons. The number of sulfonamides is 1. The molecule has 1 atom stereocenters. The number of nitrogens with one attached hydrogen (secondary N) is 2. The number of ether oxygens (including phenoxy) is 1. The van der Waals surface area contributed by atoms with Crippen molar-refractivity contribution in [2.24, 2.45) is 5.92 Å². The summed E-state index contributed by atoms with van der Waals surface area (Å²) in [7, 11) is -3.48. The van der Waals surface area contributed by atoms with Crippen LogP contribution in [0.15, 0.2) is 36.4 Å². The van der Waals surface area contributed by atoms with Crippen molar-refractivity contribution in [1.82, 2.24) is 14.9 Å². The lowest BCUT2D eigenvalue weighted by molar-refractivity contribution is -0.118. The third kappa shape index (κ3) is 7.86. The molecule has 9 heteroatoms. The zero-order valence-electron chi connectivity index (χ0n) is 17.1. The quantitative estimate of drug-likeness (QED) is 0.419. The van der Waals surface area contributed by atoms with E-state index in [1.807, 2.05) is 24.3 Å². The van der Waals surface area contributed by atoms with Crippen LogP contribution in [0.25, 0.3) is 0 Å². The van der Waals surface area contributed by atoms with E-state index in [9.17, 15) is 18.0 Å². The maximum atomic E-state index is 12.3. The zero-order valence-corrected chi connectivity index (χ0v) is 17.9. The van der Waals surface area contributed by atoms with Crippen molar-refractivity contribution in [2.75, 3.05) is 25.4 Å². The molecule has 1 aromatic carbocycles. The summed E-state index contributed by atoms with van der Waals surface area (Å²) >= 11 is 0. The van der Waals surface area contributed by atoms with Crippen LogP contribution in [0.4, 0.5) is 4.79 Å². The second kappa shape index (κ2) is 10.4. The van der Waals surface area contributed by atoms with Gasteiger partial charge in [0, 0.05) is 12.6 Å². The van der Waals surface area contributed by atoms with E-state index >= 15 is 0 Å². The molecule has 1 aliphatic heterocycles. The van der Waals surface area contributed by atoms with Gasteiger partial charge in [-0.2, -0.15) is 0 Å². The molecule has 1 aromatic rings. The maximum Gasteiger partial charge on any atom is 0.324 e. The highest BCUT2D eigenvalue weighted by Crippen LogP contribution is 2.20. The molecule has 0 saturated carbocycles. The number of allylic oxidation sites excluding steroid dienone is 1. The summed E-state index contributed by atoms with van der Waals surface area (Å²) in [6, 6.07) is 6.59. The van der Waals surface area contributed by atoms with Crippen LogP contribution in [0, 0.1) is 5.92 Å². The van der Waals surface area contributed by atoms with E-state index in [0.29, 0.717) is 18.9 Å². The number of benzene rings is 1. The molecule has 29 heavy (non-hydrogen) atoms. The number of hydrogen-bond acceptors (Lipinski definition) is 5. The van der Waals surface area contributed by atoms with Crippen LogP contribution in [-0.2, 0) is 14.8 Å². The summed E-state index contributed by atoms with van der Waals surface area (Å²) in [6.45, 7) is 6.81. The maximum absolute atomic E-state index is 12.3. The molecule has 0 aliphatic carbocycles. The molecular weight excluding hydrogens is 394 g/mol. The van der Waals surface area contributed by atoms with Crippen molar-refractivity contribution in [2.45, 2.75) is 33.2 Å². The van der Waals surface area contributed by atoms with Gasteiger partial charge in [0.25, 0.3) is 0 Å². The fourth-order valence-electron chi connectivity index (χ4n) is 2.71. The molecule has 0 unspecified atom stereocenters. The summed E-state index contributed by atoms with van der Waals surface area (Å²) in [6.07, 6.45) is 3.69. The molecule has 1 saturated heterocycles. The van der Waals surface area contributed by atoms with Crippen molar-refractivity contribution < 1.29 is 22.7 Å². The molecule has 0 bridgehead atoms. The van der Waals surface area contributed by atoms with Gasteiger partial charge in [-0.25, -0.2) is 17.9 Å². The molecule has 2 N–H and O–H groups in total. The minimum absolute atomic E-state index is 0.0283. The standard InChI is InChI=1S/C20H29N3O5S/c1-15(2)14-28-18-9-7-8-17(12-18)16(3)22-29(26,27)11-6-4-5-10-23-13-19(24)21-20(23)25/h4-5,7-9,12,15-16,22H,6,10-11,13-14H2,1-3H3,(H,21,24,25)/b5-4+/t16-/m1/s1. The van der Waals surface area contributed by atoms with Crippen LogP contribution in [0.3, 0.4) is 0 Å². The van der Waals surface area contributed by atoms with E-state index in [4.69, 9.17) is 4.74 Å². The smallest absolute Gasteiger partial charge is 0.324 e. The third-order valence-corrected chi connectivity index (χ3v) is 5.70. The number of rotatable bonds is 11. The van der Waals surface area contributed by atoms with Gasteiger partial charge in [0.05, 0.1) is 12.4 Å². The third-order valence-electron chi connectivity index (χ3n) is 4.21. The lowest BCUT2D eigenvalue weighted by Crippen LogP contribution is -2.29. The summed E-state index contributed by atoms with van der Waals surface area (Å²) in [5, 5.41) is 2.19. The Morgan fingerprint density at radius 3 is 2.66 bits per heavy atom. The summed E-state index contributed by atoms with van der Waals surface area (Å²) in [4.78, 5) is 23.9. The van der Waals surface area contributed by atoms with Crippen LogP contribution >= 0.6 is 0 Å². The first-order valence-electron chi connectivity index (χ1n) is 9.63. The lowest BCUT2D eigenvalue weighted by atomic mass is 10.1. The summed E-state index contributed by atoms with van der Waals surface area (Å²) in [5.41, 5.74) is 0.829. The SMILES string of the molecule is CC(C)COc1cccc([C@@H](C)NS(=O)(=O)CC/C=C/CN2CC(=O)NC2=O)c1. The Morgan fingerprint density at radius 1 is 1.24 bits per heavy atom. The van der Waals surface area contributed by atoms with Gasteiger partial charge in [-0.15, -0.1) is 0 Å². The molecule has 8 nitrogen and oxygen atoms in total. The Morgan fingerprint density at radius 2 is 2.00 bits per heavy atom. The largest absolute Gasteiger partial charge is 0.493 e. The summed E-state index contributed by atoms with van der Waals surface area (Å²) < 4.78 is 33.0. The van der Waals surface area contributed by atoms with Gasteiger partial charge in [0.1, 0.15) is 12.3 Å². The minimum atomic E-state index is -3.48. The van der Waals surface area contributed by atoms with Gasteiger partial charge in [-0.1, -0.05) is 38.1 Å². The van der Waals surface area contributed by atoms with Crippen LogP contribution in [0.1, 0.15) is 38.8 Å². The van der Waals surface area contributed by atoms with Gasteiger partial charge in [-0.3, -0.25) is 10.1 Å². The van der Waals surface area contributed by atoms with E-state index in [-0.39, 0.29) is 30.8 Å². The first kappa shape index (κ1) is 22.9. The van der Waals surface area contributed by atoms with E-state index in [2.05, 4.69) is 23.9 Å². The topological polar surface area (TPSA) is 105 Å². The average molecular weight is 424 g/mol. The molecule has 0 spiro atoms. The van der Waals surface area contributed by atoms with Gasteiger partial charge >= 0.3 is 6.03 Å². The monoisotopic (exact) mass is 423 g/mol. The molecule has 1 aliphatic rings. The lowest BCUT2D eigenvalue weighted by Gasteiger charge is -2.16. The number of nitrogens with zero attached hydrogens (tertiary/aromatic N) is 1. The number of carbonyl (C=O) groups is 2. The van der Waals surface area contributed by atoms with E-state index in [1.165, 1.54) is 4.90 Å². The zero-order chi connectivity index (χ0) is 21.4. The first-order valence-corrected chi connectivity index (χ1v) is 11.3. The molecule has 0 radical (unpaired) electrons. The van der Waals surface area contributed by atoms with Crippen LogP contribution in [0.5, 0.6) is 5.75 Å². The van der Waals surface area contributed by atoms with E-state index in [0.717, 1.165) is 11.3 Å². The molecule has 0 aromatic heterocycles. The number of hydrogen-bond donors (Lipinski definition) is 2. The Labute approximate surface area is 172 Å². The highest BCUT2D eigenvalue weighted by Gasteiger charge is 2.25. The Hall–Kier alpha value is -2.39. The van der Waals surface area contributed by atoms with Gasteiger partial charge in [0.2, 0.25) is 15.9 Å². The first-order chi connectivity index (χ1) is 13.7. The predicted molar refractivity (Wildman–Crippen MR) is 111 cm³/mol. The van der Waals surface area contributed by atoms with E-state index < -0.39 is 16.1 Å². The Bertz CT molecular complexity index is 851. The van der Waals surface area contributed by atoms with Crippen molar-refractivity contribution in [1.29, 1.82) is 0 Å². The predicted octanol–water partition coefficient (Wildman–Crippen LogP) is 2.20. The number of imide groups is 1. The second-order valence-corrected chi connectivity index (χ2v) is 9.30. The Kier molecular flexibility index (Phi) is 8.21. The van der Waals surface area contributed by atoms with Crippen molar-refractivity contribution >= 4 is 22.0 Å². The van der Waals surface area contributed by atoms with Gasteiger partial charge in [0.15, 0.2) is 0 Å². The van der Waals surface area contributed by atoms with Crippen molar-refractivity contribution in [3.05, 3.63) is 42.0 Å². The fraction of sp³-hybridized carbons (Fsp3) is 0.500. The highest BCUT2D eigenvalue weighted by atomic mass is 32.2. The van der Waals surface area contributed by atoms with Crippen LogP contribution in [-0.4, -0.2) is 50.7 Å².